The molecule has 0 radical (unpaired) electrons. The SMILES string of the molecule is CCc1oc(C(=O)N2CCN[C@H](c3ccccc3)C2)cc1CN1CCCC1. The van der Waals surface area contributed by atoms with E-state index in [1.165, 1.54) is 24.0 Å². The van der Waals surface area contributed by atoms with Crippen LogP contribution in [-0.4, -0.2) is 48.4 Å². The summed E-state index contributed by atoms with van der Waals surface area (Å²) in [5.74, 6) is 1.47. The van der Waals surface area contributed by atoms with E-state index in [4.69, 9.17) is 4.42 Å². The van der Waals surface area contributed by atoms with Crippen LogP contribution in [0.3, 0.4) is 0 Å². The molecule has 1 atom stereocenters. The summed E-state index contributed by atoms with van der Waals surface area (Å²) in [6.07, 6.45) is 3.37. The first kappa shape index (κ1) is 18.3. The summed E-state index contributed by atoms with van der Waals surface area (Å²) >= 11 is 0. The van der Waals surface area contributed by atoms with Gasteiger partial charge >= 0.3 is 0 Å². The number of likely N-dealkylation sites (tertiary alicyclic amines) is 1. The minimum atomic E-state index is 0.0137. The number of amides is 1. The molecular formula is C22H29N3O2. The monoisotopic (exact) mass is 367 g/mol. The van der Waals surface area contributed by atoms with Gasteiger partial charge in [0.25, 0.3) is 5.91 Å². The second kappa shape index (κ2) is 8.28. The predicted molar refractivity (Wildman–Crippen MR) is 106 cm³/mol. The molecule has 0 saturated carbocycles. The Morgan fingerprint density at radius 3 is 2.70 bits per heavy atom. The Bertz CT molecular complexity index is 765. The minimum absolute atomic E-state index is 0.0137. The Balaban J connectivity index is 1.47. The van der Waals surface area contributed by atoms with Crippen LogP contribution in [0.5, 0.6) is 0 Å². The maximum atomic E-state index is 13.1. The summed E-state index contributed by atoms with van der Waals surface area (Å²) in [5, 5.41) is 3.52. The molecule has 1 amide bonds. The number of carbonyl (C=O) groups is 1. The first-order valence-electron chi connectivity index (χ1n) is 10.2. The molecule has 1 N–H and O–H groups in total. The molecule has 0 spiro atoms. The lowest BCUT2D eigenvalue weighted by atomic mass is 10.0. The number of furan rings is 1. The summed E-state index contributed by atoms with van der Waals surface area (Å²) in [6.45, 7) is 7.47. The molecule has 2 aromatic rings. The number of benzene rings is 1. The van der Waals surface area contributed by atoms with Crippen molar-refractivity contribution in [1.29, 1.82) is 0 Å². The molecule has 2 saturated heterocycles. The molecule has 0 unspecified atom stereocenters. The number of hydrogen-bond donors (Lipinski definition) is 1. The largest absolute Gasteiger partial charge is 0.456 e. The van der Waals surface area contributed by atoms with Gasteiger partial charge in [-0.15, -0.1) is 0 Å². The van der Waals surface area contributed by atoms with E-state index >= 15 is 0 Å². The molecule has 0 bridgehead atoms. The van der Waals surface area contributed by atoms with Crippen LogP contribution in [0, 0.1) is 0 Å². The number of hydrogen-bond acceptors (Lipinski definition) is 4. The molecular weight excluding hydrogens is 338 g/mol. The van der Waals surface area contributed by atoms with Crippen LogP contribution in [0.25, 0.3) is 0 Å². The summed E-state index contributed by atoms with van der Waals surface area (Å²) < 4.78 is 5.99. The van der Waals surface area contributed by atoms with Crippen molar-refractivity contribution < 1.29 is 9.21 Å². The Hall–Kier alpha value is -2.11. The highest BCUT2D eigenvalue weighted by Crippen LogP contribution is 2.24. The van der Waals surface area contributed by atoms with E-state index in [0.29, 0.717) is 18.8 Å². The van der Waals surface area contributed by atoms with Crippen molar-refractivity contribution in [3.8, 4) is 0 Å². The summed E-state index contributed by atoms with van der Waals surface area (Å²) in [6, 6.07) is 12.5. The van der Waals surface area contributed by atoms with Gasteiger partial charge in [0.1, 0.15) is 5.76 Å². The van der Waals surface area contributed by atoms with Crippen LogP contribution < -0.4 is 5.32 Å². The topological polar surface area (TPSA) is 48.7 Å². The van der Waals surface area contributed by atoms with E-state index in [0.717, 1.165) is 38.4 Å². The van der Waals surface area contributed by atoms with E-state index in [2.05, 4.69) is 29.3 Å². The van der Waals surface area contributed by atoms with Crippen LogP contribution in [0.1, 0.15) is 53.2 Å². The fourth-order valence-corrected chi connectivity index (χ4v) is 4.19. The van der Waals surface area contributed by atoms with Gasteiger partial charge in [-0.2, -0.15) is 0 Å². The van der Waals surface area contributed by atoms with Gasteiger partial charge in [-0.05, 0) is 37.6 Å². The van der Waals surface area contributed by atoms with Crippen LogP contribution in [-0.2, 0) is 13.0 Å². The smallest absolute Gasteiger partial charge is 0.289 e. The van der Waals surface area contributed by atoms with E-state index < -0.39 is 0 Å². The molecule has 1 aromatic heterocycles. The highest BCUT2D eigenvalue weighted by Gasteiger charge is 2.28. The molecule has 2 aliphatic heterocycles. The third-order valence-corrected chi connectivity index (χ3v) is 5.69. The number of nitrogens with one attached hydrogen (secondary N) is 1. The average Bonchev–Trinajstić information content (AvgIpc) is 3.38. The predicted octanol–water partition coefficient (Wildman–Crippen LogP) is 3.22. The molecule has 3 heterocycles. The van der Waals surface area contributed by atoms with Crippen molar-refractivity contribution in [2.45, 2.75) is 38.8 Å². The second-order valence-corrected chi connectivity index (χ2v) is 7.56. The van der Waals surface area contributed by atoms with E-state index in [1.807, 2.05) is 29.2 Å². The van der Waals surface area contributed by atoms with Crippen LogP contribution in [0.2, 0.25) is 0 Å². The van der Waals surface area contributed by atoms with E-state index in [9.17, 15) is 4.79 Å². The van der Waals surface area contributed by atoms with Crippen LogP contribution in [0.15, 0.2) is 40.8 Å². The zero-order chi connectivity index (χ0) is 18.6. The van der Waals surface area contributed by atoms with Crippen LogP contribution >= 0.6 is 0 Å². The van der Waals surface area contributed by atoms with Gasteiger partial charge in [-0.25, -0.2) is 0 Å². The Morgan fingerprint density at radius 2 is 1.96 bits per heavy atom. The van der Waals surface area contributed by atoms with Crippen LogP contribution in [0.4, 0.5) is 0 Å². The molecule has 1 aromatic carbocycles. The second-order valence-electron chi connectivity index (χ2n) is 7.56. The molecule has 2 fully saturated rings. The first-order valence-corrected chi connectivity index (χ1v) is 10.2. The molecule has 5 heteroatoms. The van der Waals surface area contributed by atoms with Crippen molar-refractivity contribution in [3.63, 3.8) is 0 Å². The fraction of sp³-hybridized carbons (Fsp3) is 0.500. The maximum Gasteiger partial charge on any atom is 0.289 e. The van der Waals surface area contributed by atoms with Gasteiger partial charge in [0.2, 0.25) is 0 Å². The van der Waals surface area contributed by atoms with Crippen molar-refractivity contribution in [3.05, 3.63) is 59.0 Å². The Morgan fingerprint density at radius 1 is 1.19 bits per heavy atom. The van der Waals surface area contributed by atoms with E-state index in [1.54, 1.807) is 0 Å². The molecule has 2 aliphatic rings. The molecule has 5 nitrogen and oxygen atoms in total. The zero-order valence-corrected chi connectivity index (χ0v) is 16.1. The molecule has 0 aliphatic carbocycles. The van der Waals surface area contributed by atoms with Gasteiger partial charge < -0.3 is 14.6 Å². The van der Waals surface area contributed by atoms with Crippen molar-refractivity contribution >= 4 is 5.91 Å². The maximum absolute atomic E-state index is 13.1. The third kappa shape index (κ3) is 4.09. The van der Waals surface area contributed by atoms with Gasteiger partial charge in [0, 0.05) is 44.2 Å². The molecule has 27 heavy (non-hydrogen) atoms. The molecule has 4 rings (SSSR count). The minimum Gasteiger partial charge on any atom is -0.456 e. The number of piperazine rings is 1. The van der Waals surface area contributed by atoms with Crippen molar-refractivity contribution in [1.82, 2.24) is 15.1 Å². The van der Waals surface area contributed by atoms with Crippen molar-refractivity contribution in [2.75, 3.05) is 32.7 Å². The highest BCUT2D eigenvalue weighted by atomic mass is 16.4. The number of rotatable bonds is 5. The highest BCUT2D eigenvalue weighted by molar-refractivity contribution is 5.92. The summed E-state index contributed by atoms with van der Waals surface area (Å²) in [5.41, 5.74) is 2.40. The molecule has 144 valence electrons. The van der Waals surface area contributed by atoms with Gasteiger partial charge in [0.05, 0.1) is 0 Å². The standard InChI is InChI=1S/C22H29N3O2/c1-2-20-18(15-24-11-6-7-12-24)14-21(27-20)22(26)25-13-10-23-19(16-25)17-8-4-3-5-9-17/h3-5,8-9,14,19,23H,2,6-7,10-13,15-16H2,1H3/t19-/m0/s1. The lowest BCUT2D eigenvalue weighted by molar-refractivity contribution is 0.0669. The van der Waals surface area contributed by atoms with Gasteiger partial charge in [0.15, 0.2) is 5.76 Å². The van der Waals surface area contributed by atoms with E-state index in [-0.39, 0.29) is 11.9 Å². The number of nitrogens with zero attached hydrogens (tertiary/aromatic N) is 2. The summed E-state index contributed by atoms with van der Waals surface area (Å²) in [7, 11) is 0. The quantitative estimate of drug-likeness (QED) is 0.882. The normalized spacial score (nSPS) is 20.9. The summed E-state index contributed by atoms with van der Waals surface area (Å²) in [4.78, 5) is 17.5. The average molecular weight is 367 g/mol. The lowest BCUT2D eigenvalue weighted by Crippen LogP contribution is -2.48. The third-order valence-electron chi connectivity index (χ3n) is 5.69. The Kier molecular flexibility index (Phi) is 5.60. The van der Waals surface area contributed by atoms with Gasteiger partial charge in [-0.3, -0.25) is 9.69 Å². The zero-order valence-electron chi connectivity index (χ0n) is 16.1. The Labute approximate surface area is 161 Å². The van der Waals surface area contributed by atoms with Gasteiger partial charge in [-0.1, -0.05) is 37.3 Å². The van der Waals surface area contributed by atoms with Crippen molar-refractivity contribution in [2.24, 2.45) is 0 Å². The number of carbonyl (C=O) groups excluding carboxylic acids is 1. The number of aryl methyl sites for hydroxylation is 1. The first-order chi connectivity index (χ1) is 13.2. The fourth-order valence-electron chi connectivity index (χ4n) is 4.19. The lowest BCUT2D eigenvalue weighted by Gasteiger charge is -2.33.